The summed E-state index contributed by atoms with van der Waals surface area (Å²) >= 11 is 0. The van der Waals surface area contributed by atoms with E-state index < -0.39 is 0 Å². The van der Waals surface area contributed by atoms with Crippen LogP contribution in [0.25, 0.3) is 0 Å². The van der Waals surface area contributed by atoms with E-state index in [-0.39, 0.29) is 5.92 Å². The van der Waals surface area contributed by atoms with Crippen LogP contribution in [0.3, 0.4) is 0 Å². The van der Waals surface area contributed by atoms with Crippen LogP contribution in [-0.4, -0.2) is 43.2 Å². The molecule has 4 nitrogen and oxygen atoms in total. The highest BCUT2D eigenvalue weighted by Gasteiger charge is 2.32. The zero-order valence-corrected chi connectivity index (χ0v) is 9.86. The van der Waals surface area contributed by atoms with Crippen molar-refractivity contribution in [1.29, 1.82) is 0 Å². The molecule has 2 heterocycles. The van der Waals surface area contributed by atoms with Gasteiger partial charge in [0.1, 0.15) is 0 Å². The van der Waals surface area contributed by atoms with Crippen LogP contribution in [0.4, 0.5) is 0 Å². The molecule has 2 saturated heterocycles. The van der Waals surface area contributed by atoms with Crippen LogP contribution in [-0.2, 0) is 9.53 Å². The van der Waals surface area contributed by atoms with Gasteiger partial charge in [-0.2, -0.15) is 0 Å². The van der Waals surface area contributed by atoms with E-state index in [4.69, 9.17) is 10.5 Å². The molecule has 2 aliphatic rings. The Labute approximate surface area is 97.1 Å². The third-order valence-electron chi connectivity index (χ3n) is 3.69. The van der Waals surface area contributed by atoms with Gasteiger partial charge in [0, 0.05) is 19.2 Å². The van der Waals surface area contributed by atoms with Crippen molar-refractivity contribution in [2.24, 2.45) is 11.7 Å². The van der Waals surface area contributed by atoms with Crippen molar-refractivity contribution >= 4 is 5.91 Å². The fourth-order valence-corrected chi connectivity index (χ4v) is 2.75. The Hall–Kier alpha value is -0.610. The zero-order valence-electron chi connectivity index (χ0n) is 9.86. The molecule has 0 aromatic carbocycles. The Balaban J connectivity index is 1.95. The second-order valence-corrected chi connectivity index (χ2v) is 4.82. The van der Waals surface area contributed by atoms with E-state index in [9.17, 15) is 4.79 Å². The quantitative estimate of drug-likeness (QED) is 0.772. The third kappa shape index (κ3) is 2.55. The summed E-state index contributed by atoms with van der Waals surface area (Å²) in [6.45, 7) is 2.95. The summed E-state index contributed by atoms with van der Waals surface area (Å²) in [7, 11) is 0. The van der Waals surface area contributed by atoms with E-state index >= 15 is 0 Å². The van der Waals surface area contributed by atoms with Crippen molar-refractivity contribution in [3.8, 4) is 0 Å². The van der Waals surface area contributed by atoms with Crippen molar-refractivity contribution < 1.29 is 9.53 Å². The number of carbonyl (C=O) groups excluding carboxylic acids is 1. The van der Waals surface area contributed by atoms with Gasteiger partial charge >= 0.3 is 0 Å². The molecule has 2 unspecified atom stereocenters. The molecule has 2 atom stereocenters. The lowest BCUT2D eigenvalue weighted by Gasteiger charge is -2.37. The highest BCUT2D eigenvalue weighted by atomic mass is 16.5. The molecule has 0 spiro atoms. The number of hydrogen-bond donors (Lipinski definition) is 1. The van der Waals surface area contributed by atoms with Crippen LogP contribution in [0.2, 0.25) is 0 Å². The van der Waals surface area contributed by atoms with Gasteiger partial charge in [0.2, 0.25) is 5.91 Å². The summed E-state index contributed by atoms with van der Waals surface area (Å²) in [6, 6.07) is 0.381. The van der Waals surface area contributed by atoms with E-state index in [1.807, 2.05) is 0 Å². The fourth-order valence-electron chi connectivity index (χ4n) is 2.75. The summed E-state index contributed by atoms with van der Waals surface area (Å²) in [5.74, 6) is 0.411. The lowest BCUT2D eigenvalue weighted by atomic mass is 9.96. The summed E-state index contributed by atoms with van der Waals surface area (Å²) < 4.78 is 5.29. The van der Waals surface area contributed by atoms with Gasteiger partial charge in [-0.15, -0.1) is 0 Å². The molecular weight excluding hydrogens is 204 g/mol. The first-order valence-electron chi connectivity index (χ1n) is 6.41. The number of nitrogens with two attached hydrogens (primary N) is 1. The van der Waals surface area contributed by atoms with E-state index in [0.717, 1.165) is 38.8 Å². The van der Waals surface area contributed by atoms with Gasteiger partial charge in [0.15, 0.2) is 0 Å². The van der Waals surface area contributed by atoms with Crippen LogP contribution >= 0.6 is 0 Å². The average Bonchev–Trinajstić information content (AvgIpc) is 2.83. The predicted octanol–water partition coefficient (Wildman–Crippen LogP) is 0.753. The van der Waals surface area contributed by atoms with Crippen LogP contribution in [0.1, 0.15) is 32.1 Å². The van der Waals surface area contributed by atoms with Crippen LogP contribution in [0.15, 0.2) is 0 Å². The van der Waals surface area contributed by atoms with E-state index in [1.165, 1.54) is 6.42 Å². The molecule has 2 rings (SSSR count). The topological polar surface area (TPSA) is 55.6 Å². The normalized spacial score (nSPS) is 30.7. The molecule has 0 saturated carbocycles. The largest absolute Gasteiger partial charge is 0.381 e. The van der Waals surface area contributed by atoms with Crippen LogP contribution in [0.5, 0.6) is 0 Å². The van der Waals surface area contributed by atoms with Crippen molar-refractivity contribution in [3.63, 3.8) is 0 Å². The van der Waals surface area contributed by atoms with Crippen molar-refractivity contribution in [1.82, 2.24) is 4.90 Å². The van der Waals surface area contributed by atoms with Gasteiger partial charge in [0.25, 0.3) is 0 Å². The molecule has 0 aromatic heterocycles. The first kappa shape index (κ1) is 11.9. The van der Waals surface area contributed by atoms with Crippen molar-refractivity contribution in [2.45, 2.75) is 38.1 Å². The second kappa shape index (κ2) is 5.64. The maximum Gasteiger partial charge on any atom is 0.228 e. The fraction of sp³-hybridized carbons (Fsp3) is 0.917. The molecule has 0 radical (unpaired) electrons. The molecule has 0 bridgehead atoms. The minimum atomic E-state index is 0.110. The molecule has 0 aromatic rings. The van der Waals surface area contributed by atoms with Gasteiger partial charge in [-0.05, 0) is 38.6 Å². The first-order chi connectivity index (χ1) is 7.83. The third-order valence-corrected chi connectivity index (χ3v) is 3.69. The zero-order chi connectivity index (χ0) is 11.4. The number of piperidine rings is 1. The molecular formula is C12H22N2O2. The maximum absolute atomic E-state index is 12.3. The highest BCUT2D eigenvalue weighted by molar-refractivity contribution is 5.79. The number of rotatable bonds is 3. The Morgan fingerprint density at radius 1 is 1.38 bits per heavy atom. The number of ether oxygens (including phenoxy) is 1. The monoisotopic (exact) mass is 226 g/mol. The lowest BCUT2D eigenvalue weighted by molar-refractivity contribution is -0.139. The Bertz CT molecular complexity index is 237. The van der Waals surface area contributed by atoms with E-state index in [1.54, 1.807) is 0 Å². The Morgan fingerprint density at radius 3 is 2.94 bits per heavy atom. The predicted molar refractivity (Wildman–Crippen MR) is 61.9 cm³/mol. The molecule has 2 fully saturated rings. The Morgan fingerprint density at radius 2 is 2.25 bits per heavy atom. The minimum Gasteiger partial charge on any atom is -0.381 e. The standard InChI is InChI=1S/C12H22N2O2/c13-6-4-11-3-1-2-7-14(11)12(15)10-5-8-16-9-10/h10-11H,1-9,13H2. The molecule has 1 amide bonds. The highest BCUT2D eigenvalue weighted by Crippen LogP contribution is 2.24. The van der Waals surface area contributed by atoms with Crippen LogP contribution in [0, 0.1) is 5.92 Å². The SMILES string of the molecule is NCCC1CCCCN1C(=O)C1CCOC1. The number of likely N-dealkylation sites (tertiary alicyclic amines) is 1. The molecule has 0 aliphatic carbocycles. The maximum atomic E-state index is 12.3. The molecule has 2 aliphatic heterocycles. The summed E-state index contributed by atoms with van der Waals surface area (Å²) in [5, 5.41) is 0. The van der Waals surface area contributed by atoms with E-state index in [0.29, 0.717) is 25.1 Å². The molecule has 2 N–H and O–H groups in total. The smallest absolute Gasteiger partial charge is 0.228 e. The summed E-state index contributed by atoms with van der Waals surface area (Å²) in [4.78, 5) is 14.4. The summed E-state index contributed by atoms with van der Waals surface area (Å²) in [5.41, 5.74) is 5.61. The van der Waals surface area contributed by atoms with Gasteiger partial charge in [-0.25, -0.2) is 0 Å². The van der Waals surface area contributed by atoms with Crippen LogP contribution < -0.4 is 5.73 Å². The lowest BCUT2D eigenvalue weighted by Crippen LogP contribution is -2.47. The molecule has 4 heteroatoms. The molecule has 92 valence electrons. The molecule has 16 heavy (non-hydrogen) atoms. The van der Waals surface area contributed by atoms with Gasteiger partial charge in [-0.1, -0.05) is 0 Å². The van der Waals surface area contributed by atoms with Crippen molar-refractivity contribution in [2.75, 3.05) is 26.3 Å². The summed E-state index contributed by atoms with van der Waals surface area (Å²) in [6.07, 6.45) is 5.33. The van der Waals surface area contributed by atoms with Gasteiger partial charge < -0.3 is 15.4 Å². The number of carbonyl (C=O) groups is 1. The minimum absolute atomic E-state index is 0.110. The number of amides is 1. The van der Waals surface area contributed by atoms with Crippen molar-refractivity contribution in [3.05, 3.63) is 0 Å². The Kier molecular flexibility index (Phi) is 4.18. The van der Waals surface area contributed by atoms with E-state index in [2.05, 4.69) is 4.90 Å². The number of hydrogen-bond acceptors (Lipinski definition) is 3. The average molecular weight is 226 g/mol. The first-order valence-corrected chi connectivity index (χ1v) is 6.41. The second-order valence-electron chi connectivity index (χ2n) is 4.82. The van der Waals surface area contributed by atoms with Gasteiger partial charge in [0.05, 0.1) is 12.5 Å². The number of nitrogens with zero attached hydrogens (tertiary/aromatic N) is 1. The van der Waals surface area contributed by atoms with Gasteiger partial charge in [-0.3, -0.25) is 4.79 Å².